The molecule has 1 aromatic heterocycles. The van der Waals surface area contributed by atoms with E-state index in [2.05, 4.69) is 5.32 Å². The number of carbonyl (C=O) groups is 1. The molecule has 1 saturated carbocycles. The summed E-state index contributed by atoms with van der Waals surface area (Å²) in [5.74, 6) is -2.02. The summed E-state index contributed by atoms with van der Waals surface area (Å²) in [4.78, 5) is 12.1. The highest BCUT2D eigenvalue weighted by atomic mass is 19.3. The molecular formula is C16H23F2NO3. The van der Waals surface area contributed by atoms with E-state index in [1.807, 2.05) is 0 Å². The quantitative estimate of drug-likeness (QED) is 0.897. The third kappa shape index (κ3) is 3.85. The highest BCUT2D eigenvalue weighted by molar-refractivity contribution is 5.78. The average molecular weight is 315 g/mol. The van der Waals surface area contributed by atoms with Crippen molar-refractivity contribution in [2.24, 2.45) is 5.92 Å². The first-order chi connectivity index (χ1) is 10.1. The molecule has 1 aliphatic rings. The number of aliphatic hydroxyl groups is 1. The fourth-order valence-electron chi connectivity index (χ4n) is 2.97. The van der Waals surface area contributed by atoms with Gasteiger partial charge in [0.15, 0.2) is 0 Å². The molecular weight excluding hydrogens is 292 g/mol. The van der Waals surface area contributed by atoms with Crippen LogP contribution in [0.25, 0.3) is 0 Å². The Hall–Kier alpha value is -1.43. The maximum atomic E-state index is 13.1. The summed E-state index contributed by atoms with van der Waals surface area (Å²) in [6, 6.07) is 1.74. The van der Waals surface area contributed by atoms with Gasteiger partial charge in [-0.05, 0) is 39.7 Å². The van der Waals surface area contributed by atoms with Crippen LogP contribution in [0.2, 0.25) is 0 Å². The summed E-state index contributed by atoms with van der Waals surface area (Å²) < 4.78 is 31.6. The number of carbonyl (C=O) groups excluding carboxylic acids is 1. The second-order valence-electron chi connectivity index (χ2n) is 6.45. The summed E-state index contributed by atoms with van der Waals surface area (Å²) in [5.41, 5.74) is -0.628. The van der Waals surface area contributed by atoms with Crippen molar-refractivity contribution in [2.75, 3.05) is 6.54 Å². The molecule has 4 nitrogen and oxygen atoms in total. The van der Waals surface area contributed by atoms with Crippen LogP contribution in [0, 0.1) is 19.8 Å². The molecule has 1 fully saturated rings. The number of hydrogen-bond acceptors (Lipinski definition) is 3. The van der Waals surface area contributed by atoms with Crippen LogP contribution in [0.4, 0.5) is 8.78 Å². The van der Waals surface area contributed by atoms with E-state index in [-0.39, 0.29) is 38.1 Å². The molecule has 22 heavy (non-hydrogen) atoms. The number of alkyl halides is 2. The zero-order valence-electron chi connectivity index (χ0n) is 13.2. The average Bonchev–Trinajstić information content (AvgIpc) is 2.76. The third-order valence-electron chi connectivity index (χ3n) is 4.32. The molecule has 2 N–H and O–H groups in total. The minimum atomic E-state index is -2.65. The summed E-state index contributed by atoms with van der Waals surface area (Å²) in [5, 5.41) is 13.2. The van der Waals surface area contributed by atoms with Crippen LogP contribution < -0.4 is 5.32 Å². The molecule has 1 atom stereocenters. The number of hydrogen-bond donors (Lipinski definition) is 2. The monoisotopic (exact) mass is 315 g/mol. The standard InChI is InChI=1S/C16H23F2NO3/c1-10-8-13(11(2)22-10)15(3,21)9-19-14(20)12-4-6-16(17,18)7-5-12/h8,12,21H,4-7,9H2,1-3H3,(H,19,20). The van der Waals surface area contributed by atoms with Crippen LogP contribution in [-0.2, 0) is 10.4 Å². The lowest BCUT2D eigenvalue weighted by Gasteiger charge is -2.29. The van der Waals surface area contributed by atoms with Gasteiger partial charge in [-0.3, -0.25) is 4.79 Å². The smallest absolute Gasteiger partial charge is 0.248 e. The summed E-state index contributed by atoms with van der Waals surface area (Å²) in [6.45, 7) is 5.16. The van der Waals surface area contributed by atoms with Crippen LogP contribution >= 0.6 is 0 Å². The molecule has 2 rings (SSSR count). The molecule has 0 spiro atoms. The Kier molecular flexibility index (Phi) is 4.61. The Morgan fingerprint density at radius 3 is 2.55 bits per heavy atom. The molecule has 0 saturated heterocycles. The lowest BCUT2D eigenvalue weighted by Crippen LogP contribution is -2.42. The van der Waals surface area contributed by atoms with Crippen LogP contribution in [0.3, 0.4) is 0 Å². The SMILES string of the molecule is Cc1cc(C(C)(O)CNC(=O)C2CCC(F)(F)CC2)c(C)o1. The predicted molar refractivity (Wildman–Crippen MR) is 77.7 cm³/mol. The highest BCUT2D eigenvalue weighted by Crippen LogP contribution is 2.36. The molecule has 0 aromatic carbocycles. The van der Waals surface area contributed by atoms with E-state index >= 15 is 0 Å². The lowest BCUT2D eigenvalue weighted by atomic mass is 9.86. The Bertz CT molecular complexity index is 542. The largest absolute Gasteiger partial charge is 0.466 e. The zero-order valence-corrected chi connectivity index (χ0v) is 13.2. The number of aryl methyl sites for hydroxylation is 2. The first-order valence-corrected chi connectivity index (χ1v) is 7.56. The summed E-state index contributed by atoms with van der Waals surface area (Å²) in [6.07, 6.45) is -0.126. The van der Waals surface area contributed by atoms with Crippen molar-refractivity contribution in [2.45, 2.75) is 58.0 Å². The fourth-order valence-corrected chi connectivity index (χ4v) is 2.97. The predicted octanol–water partition coefficient (Wildman–Crippen LogP) is 3.05. The molecule has 1 aromatic rings. The highest BCUT2D eigenvalue weighted by Gasteiger charge is 2.38. The van der Waals surface area contributed by atoms with Gasteiger partial charge in [0.05, 0.1) is 6.54 Å². The summed E-state index contributed by atoms with van der Waals surface area (Å²) >= 11 is 0. The van der Waals surface area contributed by atoms with Crippen molar-refractivity contribution in [1.29, 1.82) is 0 Å². The normalized spacial score (nSPS) is 21.4. The molecule has 1 unspecified atom stereocenters. The van der Waals surface area contributed by atoms with E-state index in [4.69, 9.17) is 4.42 Å². The Morgan fingerprint density at radius 1 is 1.45 bits per heavy atom. The van der Waals surface area contributed by atoms with Crippen LogP contribution in [-0.4, -0.2) is 23.5 Å². The van der Waals surface area contributed by atoms with Crippen LogP contribution in [0.5, 0.6) is 0 Å². The Labute approximate surface area is 128 Å². The second kappa shape index (κ2) is 5.99. The van der Waals surface area contributed by atoms with Crippen molar-refractivity contribution >= 4 is 5.91 Å². The maximum absolute atomic E-state index is 13.1. The molecule has 124 valence electrons. The van der Waals surface area contributed by atoms with E-state index in [0.717, 1.165) is 0 Å². The van der Waals surface area contributed by atoms with Gasteiger partial charge in [-0.25, -0.2) is 8.78 Å². The van der Waals surface area contributed by atoms with Gasteiger partial charge >= 0.3 is 0 Å². The topological polar surface area (TPSA) is 62.5 Å². The van der Waals surface area contributed by atoms with E-state index in [0.29, 0.717) is 17.1 Å². The Morgan fingerprint density at radius 2 is 2.05 bits per heavy atom. The first-order valence-electron chi connectivity index (χ1n) is 7.56. The van der Waals surface area contributed by atoms with Gasteiger partial charge in [0, 0.05) is 24.3 Å². The molecule has 6 heteroatoms. The molecule has 0 aliphatic heterocycles. The first kappa shape index (κ1) is 16.9. The zero-order chi connectivity index (χ0) is 16.5. The van der Waals surface area contributed by atoms with Gasteiger partial charge in [-0.1, -0.05) is 0 Å². The number of rotatable bonds is 4. The van der Waals surface area contributed by atoms with E-state index in [9.17, 15) is 18.7 Å². The summed E-state index contributed by atoms with van der Waals surface area (Å²) in [7, 11) is 0. The van der Waals surface area contributed by atoms with Gasteiger partial charge in [0.25, 0.3) is 0 Å². The third-order valence-corrected chi connectivity index (χ3v) is 4.32. The molecule has 0 radical (unpaired) electrons. The van der Waals surface area contributed by atoms with Crippen molar-refractivity contribution < 1.29 is 23.1 Å². The van der Waals surface area contributed by atoms with Crippen molar-refractivity contribution in [3.8, 4) is 0 Å². The number of amides is 1. The van der Waals surface area contributed by atoms with Gasteiger partial charge in [-0.2, -0.15) is 0 Å². The van der Waals surface area contributed by atoms with Gasteiger partial charge in [0.2, 0.25) is 11.8 Å². The number of nitrogens with one attached hydrogen (secondary N) is 1. The Balaban J connectivity index is 1.92. The van der Waals surface area contributed by atoms with E-state index < -0.39 is 17.4 Å². The lowest BCUT2D eigenvalue weighted by molar-refractivity contribution is -0.130. The second-order valence-corrected chi connectivity index (χ2v) is 6.45. The number of furan rings is 1. The van der Waals surface area contributed by atoms with Crippen molar-refractivity contribution in [3.05, 3.63) is 23.2 Å². The number of halogens is 2. The van der Waals surface area contributed by atoms with Crippen LogP contribution in [0.1, 0.15) is 49.7 Å². The minimum Gasteiger partial charge on any atom is -0.466 e. The van der Waals surface area contributed by atoms with E-state index in [1.165, 1.54) is 0 Å². The van der Waals surface area contributed by atoms with Gasteiger partial charge in [-0.15, -0.1) is 0 Å². The van der Waals surface area contributed by atoms with E-state index in [1.54, 1.807) is 26.8 Å². The van der Waals surface area contributed by atoms with Gasteiger partial charge < -0.3 is 14.8 Å². The van der Waals surface area contributed by atoms with Crippen molar-refractivity contribution in [1.82, 2.24) is 5.32 Å². The van der Waals surface area contributed by atoms with Crippen LogP contribution in [0.15, 0.2) is 10.5 Å². The minimum absolute atomic E-state index is 0.0263. The fraction of sp³-hybridized carbons (Fsp3) is 0.688. The molecule has 0 bridgehead atoms. The molecule has 1 heterocycles. The molecule has 1 amide bonds. The maximum Gasteiger partial charge on any atom is 0.248 e. The molecule has 1 aliphatic carbocycles. The van der Waals surface area contributed by atoms with Gasteiger partial charge in [0.1, 0.15) is 17.1 Å². The van der Waals surface area contributed by atoms with Crippen molar-refractivity contribution in [3.63, 3.8) is 0 Å².